The molecule has 7 heteroatoms. The lowest BCUT2D eigenvalue weighted by molar-refractivity contribution is -0.142. The maximum absolute atomic E-state index is 11.5. The van der Waals surface area contributed by atoms with Crippen molar-refractivity contribution in [3.8, 4) is 5.75 Å². The van der Waals surface area contributed by atoms with E-state index >= 15 is 0 Å². The standard InChI is InChI=1S/C21H21N3O3S/c1-2-26-20(25)12-18-15-28-21(23-18)24-22-13-17-9-6-10-19(11-17)27-14-16-7-4-3-5-8-16/h3-11,13,15H,2,12,14H2,1H3,(H,23,24). The Hall–Kier alpha value is -3.19. The predicted molar refractivity (Wildman–Crippen MR) is 111 cm³/mol. The van der Waals surface area contributed by atoms with Crippen molar-refractivity contribution >= 4 is 28.7 Å². The van der Waals surface area contributed by atoms with Crippen LogP contribution in [0.25, 0.3) is 0 Å². The van der Waals surface area contributed by atoms with Crippen molar-refractivity contribution in [3.63, 3.8) is 0 Å². The molecule has 0 unspecified atom stereocenters. The summed E-state index contributed by atoms with van der Waals surface area (Å²) in [5.41, 5.74) is 5.56. The number of hydrazone groups is 1. The zero-order valence-corrected chi connectivity index (χ0v) is 16.3. The highest BCUT2D eigenvalue weighted by Gasteiger charge is 2.07. The van der Waals surface area contributed by atoms with E-state index in [0.717, 1.165) is 16.9 Å². The van der Waals surface area contributed by atoms with Crippen LogP contribution in [-0.2, 0) is 22.6 Å². The van der Waals surface area contributed by atoms with Crippen LogP contribution in [0.1, 0.15) is 23.7 Å². The molecule has 0 amide bonds. The van der Waals surface area contributed by atoms with Crippen molar-refractivity contribution < 1.29 is 14.3 Å². The molecule has 3 rings (SSSR count). The molecule has 28 heavy (non-hydrogen) atoms. The second-order valence-electron chi connectivity index (χ2n) is 5.84. The number of hydrogen-bond acceptors (Lipinski definition) is 7. The van der Waals surface area contributed by atoms with Crippen LogP contribution in [0.3, 0.4) is 0 Å². The Morgan fingerprint density at radius 1 is 1.21 bits per heavy atom. The van der Waals surface area contributed by atoms with Crippen LogP contribution in [0.4, 0.5) is 5.13 Å². The molecule has 0 saturated heterocycles. The predicted octanol–water partition coefficient (Wildman–Crippen LogP) is 4.27. The number of aromatic nitrogens is 1. The number of ether oxygens (including phenoxy) is 2. The van der Waals surface area contributed by atoms with Crippen molar-refractivity contribution in [2.75, 3.05) is 12.0 Å². The average molecular weight is 395 g/mol. The largest absolute Gasteiger partial charge is 0.489 e. The number of hydrogen-bond donors (Lipinski definition) is 1. The van der Waals surface area contributed by atoms with E-state index in [1.54, 1.807) is 13.1 Å². The summed E-state index contributed by atoms with van der Waals surface area (Å²) in [5.74, 6) is 0.494. The smallest absolute Gasteiger partial charge is 0.311 e. The van der Waals surface area contributed by atoms with Crippen LogP contribution in [0.2, 0.25) is 0 Å². The topological polar surface area (TPSA) is 72.8 Å². The third kappa shape index (κ3) is 6.21. The van der Waals surface area contributed by atoms with Gasteiger partial charge in [-0.2, -0.15) is 5.10 Å². The number of anilines is 1. The first kappa shape index (κ1) is 19.6. The van der Waals surface area contributed by atoms with E-state index in [9.17, 15) is 4.79 Å². The van der Waals surface area contributed by atoms with Crippen molar-refractivity contribution in [3.05, 3.63) is 76.8 Å². The highest BCUT2D eigenvalue weighted by molar-refractivity contribution is 7.13. The van der Waals surface area contributed by atoms with Gasteiger partial charge in [-0.3, -0.25) is 10.2 Å². The highest BCUT2D eigenvalue weighted by Crippen LogP contribution is 2.17. The summed E-state index contributed by atoms with van der Waals surface area (Å²) in [5, 5.41) is 6.63. The Bertz CT molecular complexity index is 925. The van der Waals surface area contributed by atoms with Crippen LogP contribution in [-0.4, -0.2) is 23.8 Å². The maximum Gasteiger partial charge on any atom is 0.311 e. The molecule has 0 saturated carbocycles. The zero-order valence-electron chi connectivity index (χ0n) is 15.5. The first-order valence-corrected chi connectivity index (χ1v) is 9.77. The lowest BCUT2D eigenvalue weighted by atomic mass is 10.2. The fraction of sp³-hybridized carbons (Fsp3) is 0.190. The molecule has 0 aliphatic heterocycles. The third-order valence-electron chi connectivity index (χ3n) is 3.66. The number of benzene rings is 2. The number of carbonyl (C=O) groups is 1. The van der Waals surface area contributed by atoms with E-state index in [0.29, 0.717) is 24.0 Å². The maximum atomic E-state index is 11.5. The van der Waals surface area contributed by atoms with Crippen molar-refractivity contribution in [1.29, 1.82) is 0 Å². The van der Waals surface area contributed by atoms with Gasteiger partial charge in [0.05, 0.1) is 24.9 Å². The molecule has 144 valence electrons. The molecule has 2 aromatic carbocycles. The van der Waals surface area contributed by atoms with E-state index in [2.05, 4.69) is 15.5 Å². The Labute approximate surface area is 167 Å². The van der Waals surface area contributed by atoms with Gasteiger partial charge in [0.1, 0.15) is 12.4 Å². The Balaban J connectivity index is 1.52. The number of nitrogens with zero attached hydrogens (tertiary/aromatic N) is 2. The normalized spacial score (nSPS) is 10.8. The Morgan fingerprint density at radius 3 is 2.89 bits per heavy atom. The van der Waals surface area contributed by atoms with E-state index < -0.39 is 0 Å². The first-order chi connectivity index (χ1) is 13.7. The first-order valence-electron chi connectivity index (χ1n) is 8.89. The van der Waals surface area contributed by atoms with Gasteiger partial charge < -0.3 is 9.47 Å². The van der Waals surface area contributed by atoms with Crippen molar-refractivity contribution in [1.82, 2.24) is 4.98 Å². The summed E-state index contributed by atoms with van der Waals surface area (Å²) in [6.07, 6.45) is 1.86. The lowest BCUT2D eigenvalue weighted by Crippen LogP contribution is -2.07. The van der Waals surface area contributed by atoms with E-state index in [1.165, 1.54) is 11.3 Å². The van der Waals surface area contributed by atoms with Gasteiger partial charge >= 0.3 is 5.97 Å². The molecule has 1 aromatic heterocycles. The molecule has 0 radical (unpaired) electrons. The molecule has 0 aliphatic carbocycles. The molecule has 0 spiro atoms. The van der Waals surface area contributed by atoms with Gasteiger partial charge in [0, 0.05) is 5.38 Å². The number of thiazole rings is 1. The van der Waals surface area contributed by atoms with Crippen molar-refractivity contribution in [2.45, 2.75) is 20.0 Å². The van der Waals surface area contributed by atoms with E-state index in [-0.39, 0.29) is 12.4 Å². The summed E-state index contributed by atoms with van der Waals surface area (Å²) in [6, 6.07) is 17.7. The molecule has 1 heterocycles. The van der Waals surface area contributed by atoms with Gasteiger partial charge in [-0.25, -0.2) is 4.98 Å². The molecule has 0 bridgehead atoms. The Morgan fingerprint density at radius 2 is 2.07 bits per heavy atom. The van der Waals surface area contributed by atoms with E-state index in [4.69, 9.17) is 9.47 Å². The molecule has 1 N–H and O–H groups in total. The molecular formula is C21H21N3O3S. The zero-order chi connectivity index (χ0) is 19.6. The number of rotatable bonds is 9. The number of esters is 1. The number of carbonyl (C=O) groups excluding carboxylic acids is 1. The second kappa shape index (κ2) is 10.2. The van der Waals surface area contributed by atoms with Crippen LogP contribution in [0.15, 0.2) is 65.1 Å². The fourth-order valence-corrected chi connectivity index (χ4v) is 3.05. The van der Waals surface area contributed by atoms with Gasteiger partial charge in [0.2, 0.25) is 5.13 Å². The van der Waals surface area contributed by atoms with Crippen molar-refractivity contribution in [2.24, 2.45) is 5.10 Å². The SMILES string of the molecule is CCOC(=O)Cc1csc(NN=Cc2cccc(OCc3ccccc3)c2)n1. The van der Waals surface area contributed by atoms with Crippen LogP contribution >= 0.6 is 11.3 Å². The van der Waals surface area contributed by atoms with Crippen LogP contribution < -0.4 is 10.2 Å². The van der Waals surface area contributed by atoms with Gasteiger partial charge in [0.25, 0.3) is 0 Å². The average Bonchev–Trinajstić information content (AvgIpc) is 3.15. The second-order valence-corrected chi connectivity index (χ2v) is 6.70. The molecule has 3 aromatic rings. The lowest BCUT2D eigenvalue weighted by Gasteiger charge is -2.06. The summed E-state index contributed by atoms with van der Waals surface area (Å²) in [6.45, 7) is 2.66. The monoisotopic (exact) mass is 395 g/mol. The molecule has 0 fully saturated rings. The summed E-state index contributed by atoms with van der Waals surface area (Å²) in [7, 11) is 0. The highest BCUT2D eigenvalue weighted by atomic mass is 32.1. The molecule has 0 aliphatic rings. The molecular weight excluding hydrogens is 374 g/mol. The van der Waals surface area contributed by atoms with Gasteiger partial charge in [-0.15, -0.1) is 11.3 Å². The minimum absolute atomic E-state index is 0.163. The third-order valence-corrected chi connectivity index (χ3v) is 4.46. The van der Waals surface area contributed by atoms with Crippen LogP contribution in [0.5, 0.6) is 5.75 Å². The minimum atomic E-state index is -0.282. The van der Waals surface area contributed by atoms with Gasteiger partial charge in [-0.1, -0.05) is 42.5 Å². The van der Waals surface area contributed by atoms with Gasteiger partial charge in [-0.05, 0) is 30.2 Å². The molecule has 6 nitrogen and oxygen atoms in total. The quantitative estimate of drug-likeness (QED) is 0.333. The minimum Gasteiger partial charge on any atom is -0.489 e. The summed E-state index contributed by atoms with van der Waals surface area (Å²) >= 11 is 1.39. The Kier molecular flexibility index (Phi) is 7.14. The van der Waals surface area contributed by atoms with Crippen LogP contribution in [0, 0.1) is 0 Å². The van der Waals surface area contributed by atoms with E-state index in [1.807, 2.05) is 60.0 Å². The summed E-state index contributed by atoms with van der Waals surface area (Å²) < 4.78 is 10.7. The number of nitrogens with one attached hydrogen (secondary N) is 1. The molecule has 0 atom stereocenters. The fourth-order valence-electron chi connectivity index (χ4n) is 2.39. The van der Waals surface area contributed by atoms with Gasteiger partial charge in [0.15, 0.2) is 0 Å². The summed E-state index contributed by atoms with van der Waals surface area (Å²) in [4.78, 5) is 15.8.